The van der Waals surface area contributed by atoms with Gasteiger partial charge in [0.25, 0.3) is 0 Å². The lowest BCUT2D eigenvalue weighted by molar-refractivity contribution is 0.513. The van der Waals surface area contributed by atoms with Gasteiger partial charge in [-0.3, -0.25) is 20.6 Å². The number of aromatic nitrogens is 4. The van der Waals surface area contributed by atoms with E-state index in [9.17, 15) is 0 Å². The molecular weight excluding hydrogens is 264 g/mol. The number of hydrogen-bond acceptors (Lipinski definition) is 4. The molecule has 0 spiro atoms. The predicted molar refractivity (Wildman–Crippen MR) is 83.6 cm³/mol. The van der Waals surface area contributed by atoms with Gasteiger partial charge in [0, 0.05) is 37.1 Å². The number of nitrogens with zero attached hydrogens (tertiary/aromatic N) is 4. The molecular formula is C15H26N6. The van der Waals surface area contributed by atoms with Crippen LogP contribution in [0.5, 0.6) is 0 Å². The van der Waals surface area contributed by atoms with Gasteiger partial charge in [0.15, 0.2) is 0 Å². The Morgan fingerprint density at radius 1 is 1.38 bits per heavy atom. The first kappa shape index (κ1) is 15.7. The molecule has 1 atom stereocenters. The maximum absolute atomic E-state index is 5.73. The summed E-state index contributed by atoms with van der Waals surface area (Å²) in [5.41, 5.74) is 7.70. The molecule has 0 aliphatic heterocycles. The normalized spacial score (nSPS) is 12.8. The second-order valence-electron chi connectivity index (χ2n) is 5.57. The Bertz CT molecular complexity index is 583. The monoisotopic (exact) mass is 290 g/mol. The first-order chi connectivity index (χ1) is 10.1. The predicted octanol–water partition coefficient (Wildman–Crippen LogP) is 1.78. The highest BCUT2D eigenvalue weighted by molar-refractivity contribution is 5.25. The van der Waals surface area contributed by atoms with Crippen molar-refractivity contribution in [2.45, 2.75) is 52.6 Å². The van der Waals surface area contributed by atoms with E-state index in [1.165, 1.54) is 11.3 Å². The van der Waals surface area contributed by atoms with E-state index in [1.54, 1.807) is 0 Å². The summed E-state index contributed by atoms with van der Waals surface area (Å²) in [6.45, 7) is 7.26. The molecule has 6 nitrogen and oxygen atoms in total. The highest BCUT2D eigenvalue weighted by Crippen LogP contribution is 2.21. The summed E-state index contributed by atoms with van der Waals surface area (Å²) in [6, 6.07) is 0.120. The van der Waals surface area contributed by atoms with Gasteiger partial charge in [-0.2, -0.15) is 10.2 Å². The second-order valence-corrected chi connectivity index (χ2v) is 5.57. The van der Waals surface area contributed by atoms with Crippen LogP contribution in [-0.4, -0.2) is 19.6 Å². The Labute approximate surface area is 126 Å². The highest BCUT2D eigenvalue weighted by atomic mass is 15.3. The first-order valence-electron chi connectivity index (χ1n) is 7.54. The van der Waals surface area contributed by atoms with Crippen LogP contribution in [0.15, 0.2) is 12.4 Å². The van der Waals surface area contributed by atoms with Crippen LogP contribution in [0.4, 0.5) is 0 Å². The summed E-state index contributed by atoms with van der Waals surface area (Å²) in [5.74, 6) is 5.73. The Hall–Kier alpha value is -1.66. The fourth-order valence-electron chi connectivity index (χ4n) is 2.73. The molecule has 0 saturated carbocycles. The molecule has 2 aromatic rings. The number of nitrogens with one attached hydrogen (secondary N) is 1. The largest absolute Gasteiger partial charge is 0.272 e. The van der Waals surface area contributed by atoms with Crippen LogP contribution in [0.1, 0.15) is 48.3 Å². The molecule has 2 aromatic heterocycles. The summed E-state index contributed by atoms with van der Waals surface area (Å²) in [5, 5.41) is 8.84. The van der Waals surface area contributed by atoms with E-state index in [1.807, 2.05) is 22.6 Å². The van der Waals surface area contributed by atoms with Crippen LogP contribution in [0.2, 0.25) is 0 Å². The van der Waals surface area contributed by atoms with Crippen LogP contribution in [0.25, 0.3) is 0 Å². The van der Waals surface area contributed by atoms with E-state index in [0.29, 0.717) is 0 Å². The molecule has 21 heavy (non-hydrogen) atoms. The van der Waals surface area contributed by atoms with E-state index in [-0.39, 0.29) is 6.04 Å². The fraction of sp³-hybridized carbons (Fsp3) is 0.600. The van der Waals surface area contributed by atoms with Gasteiger partial charge in [-0.1, -0.05) is 6.92 Å². The number of hydrazine groups is 1. The lowest BCUT2D eigenvalue weighted by Crippen LogP contribution is -2.28. The smallest absolute Gasteiger partial charge is 0.0628 e. The lowest BCUT2D eigenvalue weighted by Gasteiger charge is -2.14. The van der Waals surface area contributed by atoms with E-state index < -0.39 is 0 Å². The van der Waals surface area contributed by atoms with E-state index in [2.05, 4.69) is 42.6 Å². The van der Waals surface area contributed by atoms with Crippen molar-refractivity contribution in [1.82, 2.24) is 25.0 Å². The molecule has 0 amide bonds. The van der Waals surface area contributed by atoms with Crippen molar-refractivity contribution in [3.05, 3.63) is 34.9 Å². The van der Waals surface area contributed by atoms with E-state index in [0.717, 1.165) is 37.1 Å². The van der Waals surface area contributed by atoms with Gasteiger partial charge in [-0.05, 0) is 38.7 Å². The molecule has 0 aromatic carbocycles. The minimum atomic E-state index is 0.120. The molecule has 1 unspecified atom stereocenters. The molecule has 6 heteroatoms. The second kappa shape index (κ2) is 6.87. The molecule has 2 heterocycles. The van der Waals surface area contributed by atoms with Gasteiger partial charge in [-0.15, -0.1) is 0 Å². The van der Waals surface area contributed by atoms with Crippen LogP contribution in [0, 0.1) is 13.8 Å². The van der Waals surface area contributed by atoms with Crippen LogP contribution < -0.4 is 11.3 Å². The van der Waals surface area contributed by atoms with Crippen LogP contribution >= 0.6 is 0 Å². The maximum atomic E-state index is 5.73. The third kappa shape index (κ3) is 3.51. The minimum absolute atomic E-state index is 0.120. The summed E-state index contributed by atoms with van der Waals surface area (Å²) < 4.78 is 3.91. The number of rotatable bonds is 7. The fourth-order valence-corrected chi connectivity index (χ4v) is 2.73. The third-order valence-electron chi connectivity index (χ3n) is 4.05. The maximum Gasteiger partial charge on any atom is 0.0628 e. The van der Waals surface area contributed by atoms with Gasteiger partial charge in [0.1, 0.15) is 0 Å². The zero-order valence-corrected chi connectivity index (χ0v) is 13.4. The number of hydrogen-bond donors (Lipinski definition) is 2. The van der Waals surface area contributed by atoms with Crippen LogP contribution in [0.3, 0.4) is 0 Å². The Balaban J connectivity index is 2.05. The van der Waals surface area contributed by atoms with Gasteiger partial charge >= 0.3 is 0 Å². The Morgan fingerprint density at radius 2 is 2.14 bits per heavy atom. The third-order valence-corrected chi connectivity index (χ3v) is 4.05. The molecule has 0 radical (unpaired) electrons. The molecule has 3 N–H and O–H groups in total. The zero-order chi connectivity index (χ0) is 15.4. The molecule has 0 saturated heterocycles. The quantitative estimate of drug-likeness (QED) is 0.602. The van der Waals surface area contributed by atoms with Crippen molar-refractivity contribution in [1.29, 1.82) is 0 Å². The SMILES string of the molecule is CCCn1cc(C(CCc2c(C)nn(C)c2C)NN)cn1. The summed E-state index contributed by atoms with van der Waals surface area (Å²) in [7, 11) is 1.99. The van der Waals surface area contributed by atoms with Gasteiger partial charge in [0.05, 0.1) is 11.9 Å². The van der Waals surface area contributed by atoms with Crippen molar-refractivity contribution < 1.29 is 0 Å². The van der Waals surface area contributed by atoms with Crippen molar-refractivity contribution in [2.75, 3.05) is 0 Å². The molecule has 116 valence electrons. The van der Waals surface area contributed by atoms with Crippen molar-refractivity contribution in [3.8, 4) is 0 Å². The molecule has 0 aliphatic carbocycles. The van der Waals surface area contributed by atoms with E-state index in [4.69, 9.17) is 5.84 Å². The van der Waals surface area contributed by atoms with Gasteiger partial charge in [-0.25, -0.2) is 0 Å². The minimum Gasteiger partial charge on any atom is -0.272 e. The Morgan fingerprint density at radius 3 is 2.71 bits per heavy atom. The van der Waals surface area contributed by atoms with Gasteiger partial charge in [0.2, 0.25) is 0 Å². The average Bonchev–Trinajstić information content (AvgIpc) is 3.00. The highest BCUT2D eigenvalue weighted by Gasteiger charge is 2.15. The van der Waals surface area contributed by atoms with Crippen molar-refractivity contribution in [2.24, 2.45) is 12.9 Å². The topological polar surface area (TPSA) is 73.7 Å². The number of aryl methyl sites for hydroxylation is 3. The summed E-state index contributed by atoms with van der Waals surface area (Å²) >= 11 is 0. The standard InChI is InChI=1S/C15H26N6/c1-5-8-21-10-13(9-17-21)15(18-16)7-6-14-11(2)19-20(4)12(14)3/h9-10,15,18H,5-8,16H2,1-4H3. The van der Waals surface area contributed by atoms with E-state index >= 15 is 0 Å². The lowest BCUT2D eigenvalue weighted by atomic mass is 10.0. The van der Waals surface area contributed by atoms with Crippen molar-refractivity contribution in [3.63, 3.8) is 0 Å². The molecule has 2 rings (SSSR count). The Kier molecular flexibility index (Phi) is 5.14. The average molecular weight is 290 g/mol. The van der Waals surface area contributed by atoms with Crippen molar-refractivity contribution >= 4 is 0 Å². The first-order valence-corrected chi connectivity index (χ1v) is 7.54. The number of nitrogens with two attached hydrogens (primary N) is 1. The van der Waals surface area contributed by atoms with Gasteiger partial charge < -0.3 is 0 Å². The zero-order valence-electron chi connectivity index (χ0n) is 13.4. The summed E-state index contributed by atoms with van der Waals surface area (Å²) in [6.07, 6.45) is 6.96. The molecule has 0 fully saturated rings. The molecule has 0 bridgehead atoms. The summed E-state index contributed by atoms with van der Waals surface area (Å²) in [4.78, 5) is 0. The molecule has 0 aliphatic rings. The van der Waals surface area contributed by atoms with Crippen LogP contribution in [-0.2, 0) is 20.0 Å².